The van der Waals surface area contributed by atoms with Crippen LogP contribution in [0.3, 0.4) is 0 Å². The maximum absolute atomic E-state index is 13.6. The third-order valence-corrected chi connectivity index (χ3v) is 8.96. The molecule has 0 aliphatic carbocycles. The minimum Gasteiger partial charge on any atom is -0.497 e. The minimum atomic E-state index is -3.82. The monoisotopic (exact) mass is 518 g/mol. The summed E-state index contributed by atoms with van der Waals surface area (Å²) in [4.78, 5) is 0.224. The van der Waals surface area contributed by atoms with E-state index in [0.717, 1.165) is 28.4 Å². The van der Waals surface area contributed by atoms with Crippen molar-refractivity contribution in [1.29, 1.82) is 0 Å². The fourth-order valence-electron chi connectivity index (χ4n) is 3.98. The molecule has 7 nitrogen and oxygen atoms in total. The molecule has 0 spiro atoms. The van der Waals surface area contributed by atoms with Gasteiger partial charge in [-0.2, -0.15) is 0 Å². The second kappa shape index (κ2) is 9.83. The zero-order valence-corrected chi connectivity index (χ0v) is 21.8. The normalized spacial score (nSPS) is 12.6. The Morgan fingerprint density at radius 2 is 1.64 bits per heavy atom. The Kier molecular flexibility index (Phi) is 6.59. The lowest BCUT2D eigenvalue weighted by atomic mass is 10.1. The molecule has 2 aromatic heterocycles. The van der Waals surface area contributed by atoms with Crippen molar-refractivity contribution >= 4 is 32.7 Å². The van der Waals surface area contributed by atoms with Crippen LogP contribution in [0.5, 0.6) is 5.75 Å². The van der Waals surface area contributed by atoms with Crippen molar-refractivity contribution in [3.05, 3.63) is 85.1 Å². The van der Waals surface area contributed by atoms with Crippen molar-refractivity contribution in [2.45, 2.75) is 35.6 Å². The van der Waals surface area contributed by atoms with Crippen molar-refractivity contribution in [2.75, 3.05) is 7.11 Å². The molecule has 0 fully saturated rings. The lowest BCUT2D eigenvalue weighted by Crippen LogP contribution is -2.11. The van der Waals surface area contributed by atoms with Crippen molar-refractivity contribution in [3.63, 3.8) is 0 Å². The first-order chi connectivity index (χ1) is 17.4. The van der Waals surface area contributed by atoms with Gasteiger partial charge in [0.25, 0.3) is 10.0 Å². The van der Waals surface area contributed by atoms with E-state index in [9.17, 15) is 8.42 Å². The van der Waals surface area contributed by atoms with E-state index < -0.39 is 10.0 Å². The minimum absolute atomic E-state index is 0.224. The molecule has 5 rings (SSSR count). The molecule has 36 heavy (non-hydrogen) atoms. The number of rotatable bonds is 8. The molecule has 184 valence electrons. The second-order valence-electron chi connectivity index (χ2n) is 8.35. The SMILES string of the molecule is CC[C@H](C)Sc1nnc(-c2cn(S(=O)(=O)c3ccccc3)c3ccccc23)n1-c1ccc(OC)cc1. The molecule has 3 aromatic carbocycles. The molecule has 0 unspecified atom stereocenters. The number of nitrogens with zero attached hydrogens (tertiary/aromatic N) is 4. The summed E-state index contributed by atoms with van der Waals surface area (Å²) in [6, 6.07) is 23.6. The third-order valence-electron chi connectivity index (χ3n) is 6.06. The van der Waals surface area contributed by atoms with Crippen LogP contribution >= 0.6 is 11.8 Å². The van der Waals surface area contributed by atoms with Gasteiger partial charge in [-0.05, 0) is 48.9 Å². The molecular formula is C27H26N4O3S2. The Morgan fingerprint density at radius 1 is 0.944 bits per heavy atom. The summed E-state index contributed by atoms with van der Waals surface area (Å²) in [7, 11) is -2.19. The topological polar surface area (TPSA) is 79.0 Å². The summed E-state index contributed by atoms with van der Waals surface area (Å²) >= 11 is 1.64. The zero-order valence-electron chi connectivity index (χ0n) is 20.2. The number of para-hydroxylation sites is 1. The van der Waals surface area contributed by atoms with E-state index in [0.29, 0.717) is 22.2 Å². The Labute approximate surface area is 214 Å². The summed E-state index contributed by atoms with van der Waals surface area (Å²) in [6.45, 7) is 4.28. The van der Waals surface area contributed by atoms with Gasteiger partial charge in [-0.3, -0.25) is 4.57 Å². The van der Waals surface area contributed by atoms with E-state index >= 15 is 0 Å². The van der Waals surface area contributed by atoms with Crippen LogP contribution < -0.4 is 4.74 Å². The van der Waals surface area contributed by atoms with E-state index in [-0.39, 0.29) is 4.90 Å². The Morgan fingerprint density at radius 3 is 2.33 bits per heavy atom. The van der Waals surface area contributed by atoms with E-state index in [2.05, 4.69) is 24.0 Å². The number of benzene rings is 3. The number of hydrogen-bond donors (Lipinski definition) is 0. The Hall–Kier alpha value is -3.56. The molecule has 0 amide bonds. The van der Waals surface area contributed by atoms with Gasteiger partial charge in [0.05, 0.1) is 17.5 Å². The van der Waals surface area contributed by atoms with E-state index in [1.54, 1.807) is 55.4 Å². The van der Waals surface area contributed by atoms with Gasteiger partial charge in [-0.25, -0.2) is 12.4 Å². The van der Waals surface area contributed by atoms with E-state index in [1.165, 1.54) is 3.97 Å². The molecule has 2 heterocycles. The number of fused-ring (bicyclic) bond motifs is 1. The largest absolute Gasteiger partial charge is 0.497 e. The third kappa shape index (κ3) is 4.29. The van der Waals surface area contributed by atoms with Gasteiger partial charge in [0.2, 0.25) is 0 Å². The van der Waals surface area contributed by atoms with Crippen molar-refractivity contribution in [2.24, 2.45) is 0 Å². The molecule has 0 aliphatic heterocycles. The molecule has 9 heteroatoms. The highest BCUT2D eigenvalue weighted by molar-refractivity contribution is 7.99. The number of thioether (sulfide) groups is 1. The van der Waals surface area contributed by atoms with Crippen LogP contribution in [-0.2, 0) is 10.0 Å². The van der Waals surface area contributed by atoms with Crippen LogP contribution in [0.1, 0.15) is 20.3 Å². The van der Waals surface area contributed by atoms with Crippen LogP contribution in [0, 0.1) is 0 Å². The van der Waals surface area contributed by atoms with Gasteiger partial charge in [0, 0.05) is 28.1 Å². The summed E-state index contributed by atoms with van der Waals surface area (Å²) in [5.74, 6) is 1.32. The van der Waals surface area contributed by atoms with Crippen LogP contribution in [0.25, 0.3) is 28.0 Å². The summed E-state index contributed by atoms with van der Waals surface area (Å²) < 4.78 is 35.9. The maximum atomic E-state index is 13.6. The molecule has 0 saturated carbocycles. The van der Waals surface area contributed by atoms with Crippen molar-refractivity contribution < 1.29 is 13.2 Å². The van der Waals surface area contributed by atoms with Crippen LogP contribution in [0.4, 0.5) is 0 Å². The van der Waals surface area contributed by atoms with Crippen molar-refractivity contribution in [1.82, 2.24) is 18.7 Å². The maximum Gasteiger partial charge on any atom is 0.268 e. The van der Waals surface area contributed by atoms with Crippen LogP contribution in [0.15, 0.2) is 95.1 Å². The van der Waals surface area contributed by atoms with E-state index in [1.807, 2.05) is 53.1 Å². The highest BCUT2D eigenvalue weighted by Gasteiger charge is 2.25. The first kappa shape index (κ1) is 24.1. The van der Waals surface area contributed by atoms with E-state index in [4.69, 9.17) is 4.74 Å². The van der Waals surface area contributed by atoms with Gasteiger partial charge in [-0.15, -0.1) is 10.2 Å². The predicted octanol–water partition coefficient (Wildman–Crippen LogP) is 6.03. The molecule has 0 radical (unpaired) electrons. The zero-order chi connectivity index (χ0) is 25.3. The van der Waals surface area contributed by atoms with Gasteiger partial charge >= 0.3 is 0 Å². The van der Waals surface area contributed by atoms with Gasteiger partial charge < -0.3 is 4.74 Å². The van der Waals surface area contributed by atoms with Crippen LogP contribution in [-0.4, -0.2) is 39.5 Å². The average molecular weight is 519 g/mol. The highest BCUT2D eigenvalue weighted by atomic mass is 32.2. The van der Waals surface area contributed by atoms with Crippen LogP contribution in [0.2, 0.25) is 0 Å². The quantitative estimate of drug-likeness (QED) is 0.234. The second-order valence-corrected chi connectivity index (χ2v) is 11.6. The van der Waals surface area contributed by atoms with Gasteiger partial charge in [-0.1, -0.05) is 62.0 Å². The standard InChI is InChI=1S/C27H26N4O3S2/c1-4-19(2)35-27-29-28-26(31(27)20-14-16-21(34-3)17-15-20)24-18-30(25-13-9-8-12-23(24)25)36(32,33)22-10-6-5-7-11-22/h5-19H,4H2,1-3H3/t19-/m0/s1. The highest BCUT2D eigenvalue weighted by Crippen LogP contribution is 2.36. The van der Waals surface area contributed by atoms with Gasteiger partial charge in [0.15, 0.2) is 11.0 Å². The molecule has 0 bridgehead atoms. The Balaban J connectivity index is 1.74. The summed E-state index contributed by atoms with van der Waals surface area (Å²) in [5, 5.41) is 10.9. The fourth-order valence-corrected chi connectivity index (χ4v) is 6.28. The number of aromatic nitrogens is 4. The summed E-state index contributed by atoms with van der Waals surface area (Å²) in [6.07, 6.45) is 2.62. The van der Waals surface area contributed by atoms with Crippen molar-refractivity contribution in [3.8, 4) is 22.8 Å². The number of hydrogen-bond acceptors (Lipinski definition) is 6. The summed E-state index contributed by atoms with van der Waals surface area (Å²) in [5.41, 5.74) is 2.13. The molecule has 0 aliphatic rings. The first-order valence-corrected chi connectivity index (χ1v) is 13.9. The lowest BCUT2D eigenvalue weighted by Gasteiger charge is -2.13. The molecule has 0 N–H and O–H groups in total. The smallest absolute Gasteiger partial charge is 0.268 e. The molecular weight excluding hydrogens is 492 g/mol. The fraction of sp³-hybridized carbons (Fsp3) is 0.185. The first-order valence-electron chi connectivity index (χ1n) is 11.6. The van der Waals surface area contributed by atoms with Gasteiger partial charge in [0.1, 0.15) is 5.75 Å². The Bertz CT molecular complexity index is 1610. The lowest BCUT2D eigenvalue weighted by molar-refractivity contribution is 0.414. The number of ether oxygens (including phenoxy) is 1. The number of methoxy groups -OCH3 is 1. The average Bonchev–Trinajstić information content (AvgIpc) is 3.51. The molecule has 0 saturated heterocycles. The predicted molar refractivity (Wildman–Crippen MR) is 143 cm³/mol. The molecule has 5 aromatic rings. The molecule has 1 atom stereocenters.